The van der Waals surface area contributed by atoms with E-state index in [0.717, 1.165) is 45.0 Å². The van der Waals surface area contributed by atoms with Crippen molar-refractivity contribution in [1.29, 1.82) is 0 Å². The molecule has 1 atom stereocenters. The summed E-state index contributed by atoms with van der Waals surface area (Å²) in [5.74, 6) is 0.945. The van der Waals surface area contributed by atoms with Gasteiger partial charge in [-0.05, 0) is 32.8 Å². The van der Waals surface area contributed by atoms with E-state index in [1.54, 1.807) is 7.11 Å². The van der Waals surface area contributed by atoms with Crippen molar-refractivity contribution in [1.82, 2.24) is 14.7 Å². The monoisotopic (exact) mass is 343 g/mol. The van der Waals surface area contributed by atoms with Crippen molar-refractivity contribution in [3.63, 3.8) is 0 Å². The molecular weight excluding hydrogens is 314 g/mol. The Morgan fingerprint density at radius 1 is 1.28 bits per heavy atom. The number of rotatable bonds is 8. The molecule has 3 rings (SSSR count). The number of nitrogens with zero attached hydrogens (tertiary/aromatic N) is 3. The van der Waals surface area contributed by atoms with Crippen molar-refractivity contribution in [2.75, 3.05) is 20.3 Å². The number of hydrogen-bond acceptors (Lipinski definition) is 4. The number of para-hydroxylation sites is 1. The van der Waals surface area contributed by atoms with Gasteiger partial charge in [0.2, 0.25) is 0 Å². The highest BCUT2D eigenvalue weighted by atomic mass is 16.5. The molecule has 2 heterocycles. The highest BCUT2D eigenvalue weighted by molar-refractivity contribution is 5.33. The van der Waals surface area contributed by atoms with Gasteiger partial charge in [-0.2, -0.15) is 5.10 Å². The lowest BCUT2D eigenvalue weighted by Crippen LogP contribution is -2.31. The third-order valence-electron chi connectivity index (χ3n) is 4.97. The highest BCUT2D eigenvalue weighted by Gasteiger charge is 2.21. The van der Waals surface area contributed by atoms with E-state index in [0.29, 0.717) is 6.10 Å². The first-order valence-corrected chi connectivity index (χ1v) is 9.18. The van der Waals surface area contributed by atoms with Crippen LogP contribution in [-0.4, -0.2) is 41.0 Å². The molecular formula is C20H29N3O2. The summed E-state index contributed by atoms with van der Waals surface area (Å²) in [4.78, 5) is 2.46. The van der Waals surface area contributed by atoms with Crippen molar-refractivity contribution < 1.29 is 9.47 Å². The van der Waals surface area contributed by atoms with Crippen LogP contribution in [0, 0.1) is 6.92 Å². The molecule has 0 aliphatic carbocycles. The fourth-order valence-electron chi connectivity index (χ4n) is 3.54. The Bertz CT molecular complexity index is 677. The normalized spacial score (nSPS) is 17.4. The maximum Gasteiger partial charge on any atom is 0.123 e. The molecule has 0 bridgehead atoms. The van der Waals surface area contributed by atoms with Gasteiger partial charge in [-0.1, -0.05) is 18.2 Å². The van der Waals surface area contributed by atoms with Gasteiger partial charge in [0, 0.05) is 49.6 Å². The van der Waals surface area contributed by atoms with Gasteiger partial charge in [0.15, 0.2) is 0 Å². The predicted octanol–water partition coefficient (Wildman–Crippen LogP) is 3.40. The number of methoxy groups -OCH3 is 1. The number of hydrogen-bond donors (Lipinski definition) is 0. The molecule has 1 aromatic carbocycles. The average Bonchev–Trinajstić information content (AvgIpc) is 3.26. The second-order valence-corrected chi connectivity index (χ2v) is 6.69. The van der Waals surface area contributed by atoms with Crippen LogP contribution in [0.1, 0.15) is 36.6 Å². The van der Waals surface area contributed by atoms with Crippen LogP contribution >= 0.6 is 0 Å². The van der Waals surface area contributed by atoms with Gasteiger partial charge in [0.1, 0.15) is 5.75 Å². The van der Waals surface area contributed by atoms with E-state index in [1.807, 2.05) is 18.3 Å². The van der Waals surface area contributed by atoms with Crippen molar-refractivity contribution in [2.24, 2.45) is 0 Å². The molecule has 25 heavy (non-hydrogen) atoms. The standard InChI is InChI=1S/C20H29N3O2/c1-4-23-16(2)18(12-21-23)14-22(15-19-9-7-11-25-19)13-17-8-5-6-10-20(17)24-3/h5-6,8,10,12,19H,4,7,9,11,13-15H2,1-3H3/t19-/m1/s1. The van der Waals surface area contributed by atoms with Crippen molar-refractivity contribution in [3.05, 3.63) is 47.3 Å². The van der Waals surface area contributed by atoms with E-state index < -0.39 is 0 Å². The van der Waals surface area contributed by atoms with Crippen LogP contribution in [0.2, 0.25) is 0 Å². The van der Waals surface area contributed by atoms with Crippen LogP contribution in [0.3, 0.4) is 0 Å². The van der Waals surface area contributed by atoms with Crippen LogP contribution in [0.25, 0.3) is 0 Å². The Hall–Kier alpha value is -1.85. The zero-order valence-electron chi connectivity index (χ0n) is 15.6. The Kier molecular flexibility index (Phi) is 6.10. The number of aromatic nitrogens is 2. The lowest BCUT2D eigenvalue weighted by atomic mass is 10.1. The van der Waals surface area contributed by atoms with Crippen molar-refractivity contribution in [2.45, 2.75) is 52.4 Å². The van der Waals surface area contributed by atoms with E-state index >= 15 is 0 Å². The topological polar surface area (TPSA) is 39.5 Å². The Balaban J connectivity index is 1.77. The first-order chi connectivity index (χ1) is 12.2. The molecule has 1 saturated heterocycles. The molecule has 1 aromatic heterocycles. The summed E-state index contributed by atoms with van der Waals surface area (Å²) in [6.07, 6.45) is 4.65. The quantitative estimate of drug-likeness (QED) is 0.736. The number of aryl methyl sites for hydroxylation is 1. The third-order valence-corrected chi connectivity index (χ3v) is 4.97. The average molecular weight is 343 g/mol. The first kappa shape index (κ1) is 18.0. The van der Waals surface area contributed by atoms with Gasteiger partial charge in [-0.25, -0.2) is 0 Å². The second kappa shape index (κ2) is 8.50. The minimum Gasteiger partial charge on any atom is -0.496 e. The molecule has 1 fully saturated rings. The van der Waals surface area contributed by atoms with Crippen LogP contribution in [0.5, 0.6) is 5.75 Å². The zero-order valence-corrected chi connectivity index (χ0v) is 15.6. The van der Waals surface area contributed by atoms with Gasteiger partial charge in [-0.15, -0.1) is 0 Å². The van der Waals surface area contributed by atoms with E-state index in [9.17, 15) is 0 Å². The van der Waals surface area contributed by atoms with E-state index in [4.69, 9.17) is 9.47 Å². The molecule has 136 valence electrons. The first-order valence-electron chi connectivity index (χ1n) is 9.18. The van der Waals surface area contributed by atoms with Crippen LogP contribution < -0.4 is 4.74 Å². The van der Waals surface area contributed by atoms with Crippen LogP contribution in [-0.2, 0) is 24.4 Å². The molecule has 0 radical (unpaired) electrons. The Morgan fingerprint density at radius 3 is 2.76 bits per heavy atom. The second-order valence-electron chi connectivity index (χ2n) is 6.69. The third kappa shape index (κ3) is 4.41. The van der Waals surface area contributed by atoms with Gasteiger partial charge in [0.25, 0.3) is 0 Å². The van der Waals surface area contributed by atoms with Gasteiger partial charge >= 0.3 is 0 Å². The van der Waals surface area contributed by atoms with Gasteiger partial charge in [0.05, 0.1) is 19.4 Å². The maximum absolute atomic E-state index is 5.88. The molecule has 0 N–H and O–H groups in total. The molecule has 5 heteroatoms. The SMILES string of the molecule is CCn1ncc(CN(Cc2ccccc2OC)C[C@H]2CCCO2)c1C. The van der Waals surface area contributed by atoms with Gasteiger partial charge in [-0.3, -0.25) is 9.58 Å². The molecule has 0 amide bonds. The maximum atomic E-state index is 5.88. The predicted molar refractivity (Wildman–Crippen MR) is 98.7 cm³/mol. The zero-order chi connectivity index (χ0) is 17.6. The summed E-state index contributed by atoms with van der Waals surface area (Å²) in [6.45, 7) is 8.74. The van der Waals surface area contributed by atoms with E-state index in [2.05, 4.69) is 40.7 Å². The van der Waals surface area contributed by atoms with Crippen molar-refractivity contribution >= 4 is 0 Å². The Labute approximate surface area is 150 Å². The molecule has 0 spiro atoms. The smallest absolute Gasteiger partial charge is 0.123 e. The molecule has 5 nitrogen and oxygen atoms in total. The van der Waals surface area contributed by atoms with Crippen molar-refractivity contribution in [3.8, 4) is 5.75 Å². The summed E-state index contributed by atoms with van der Waals surface area (Å²) in [7, 11) is 1.73. The number of benzene rings is 1. The molecule has 0 unspecified atom stereocenters. The minimum atomic E-state index is 0.330. The molecule has 1 aliphatic rings. The summed E-state index contributed by atoms with van der Waals surface area (Å²) in [6, 6.07) is 8.26. The van der Waals surface area contributed by atoms with Crippen LogP contribution in [0.4, 0.5) is 0 Å². The van der Waals surface area contributed by atoms with Crippen LogP contribution in [0.15, 0.2) is 30.5 Å². The minimum absolute atomic E-state index is 0.330. The van der Waals surface area contributed by atoms with E-state index in [-0.39, 0.29) is 0 Å². The van der Waals surface area contributed by atoms with Gasteiger partial charge < -0.3 is 9.47 Å². The summed E-state index contributed by atoms with van der Waals surface area (Å²) in [5.41, 5.74) is 3.75. The summed E-state index contributed by atoms with van der Waals surface area (Å²) >= 11 is 0. The highest BCUT2D eigenvalue weighted by Crippen LogP contribution is 2.23. The van der Waals surface area contributed by atoms with E-state index in [1.165, 1.54) is 23.2 Å². The summed E-state index contributed by atoms with van der Waals surface area (Å²) < 4.78 is 13.5. The number of ether oxygens (including phenoxy) is 2. The largest absolute Gasteiger partial charge is 0.496 e. The fraction of sp³-hybridized carbons (Fsp3) is 0.550. The molecule has 2 aromatic rings. The lowest BCUT2D eigenvalue weighted by molar-refractivity contribution is 0.0675. The Morgan fingerprint density at radius 2 is 2.08 bits per heavy atom. The fourth-order valence-corrected chi connectivity index (χ4v) is 3.54. The molecule has 1 aliphatic heterocycles. The lowest BCUT2D eigenvalue weighted by Gasteiger charge is -2.26. The molecule has 0 saturated carbocycles. The summed E-state index contributed by atoms with van der Waals surface area (Å²) in [5, 5.41) is 4.49.